The highest BCUT2D eigenvalue weighted by atomic mass is 16.5. The van der Waals surface area contributed by atoms with Crippen LogP contribution in [0.5, 0.6) is 5.75 Å². The Labute approximate surface area is 261 Å². The Morgan fingerprint density at radius 2 is 1.43 bits per heavy atom. The molecular formula is C39H43NO4. The molecule has 1 aliphatic carbocycles. The van der Waals surface area contributed by atoms with Crippen molar-refractivity contribution in [2.75, 3.05) is 5.32 Å². The highest BCUT2D eigenvalue weighted by molar-refractivity contribution is 6.12. The van der Waals surface area contributed by atoms with E-state index in [4.69, 9.17) is 4.74 Å². The second kappa shape index (κ2) is 12.3. The van der Waals surface area contributed by atoms with Crippen LogP contribution in [0.3, 0.4) is 0 Å². The van der Waals surface area contributed by atoms with Crippen LogP contribution >= 0.6 is 0 Å². The molecule has 0 aromatic heterocycles. The predicted molar refractivity (Wildman–Crippen MR) is 177 cm³/mol. The van der Waals surface area contributed by atoms with Crippen LogP contribution in [0.4, 0.5) is 5.69 Å². The van der Waals surface area contributed by atoms with Gasteiger partial charge in [0.15, 0.2) is 5.78 Å². The molecule has 0 spiro atoms. The predicted octanol–water partition coefficient (Wildman–Crippen LogP) is 8.82. The van der Waals surface area contributed by atoms with Gasteiger partial charge in [-0.1, -0.05) is 94.4 Å². The van der Waals surface area contributed by atoms with Crippen LogP contribution in [0.1, 0.15) is 97.3 Å². The van der Waals surface area contributed by atoms with Gasteiger partial charge in [-0.15, -0.1) is 0 Å². The Balaban J connectivity index is 1.30. The molecule has 0 heterocycles. The van der Waals surface area contributed by atoms with Gasteiger partial charge in [-0.3, -0.25) is 4.79 Å². The zero-order chi connectivity index (χ0) is 31.6. The molecule has 4 aromatic rings. The van der Waals surface area contributed by atoms with Crippen molar-refractivity contribution < 1.29 is 19.4 Å². The van der Waals surface area contributed by atoms with E-state index >= 15 is 0 Å². The van der Waals surface area contributed by atoms with Gasteiger partial charge < -0.3 is 15.2 Å². The minimum Gasteiger partial charge on any atom is -0.486 e. The summed E-state index contributed by atoms with van der Waals surface area (Å²) >= 11 is 0. The van der Waals surface area contributed by atoms with Crippen LogP contribution in [0.2, 0.25) is 0 Å². The molecule has 5 rings (SSSR count). The van der Waals surface area contributed by atoms with E-state index < -0.39 is 12.0 Å². The number of ketones is 1. The summed E-state index contributed by atoms with van der Waals surface area (Å²) in [6.45, 7) is 13.6. The molecule has 2 N–H and O–H groups in total. The molecule has 0 saturated carbocycles. The molecule has 0 bridgehead atoms. The third kappa shape index (κ3) is 6.57. The van der Waals surface area contributed by atoms with Crippen molar-refractivity contribution in [3.8, 4) is 5.75 Å². The SMILES string of the molecule is Cc1cc2c(cc1C(C)Oc1ccc(CC(Nc3ccccc3C(=O)c3ccccc3)C(=O)O)cc1)C(C)(C)CCC2(C)C. The summed E-state index contributed by atoms with van der Waals surface area (Å²) in [7, 11) is 0. The number of carbonyl (C=O) groups is 2. The Bertz CT molecular complexity index is 1650. The van der Waals surface area contributed by atoms with E-state index in [2.05, 4.69) is 59.0 Å². The Kier molecular flexibility index (Phi) is 8.69. The first-order valence-electron chi connectivity index (χ1n) is 15.4. The zero-order valence-corrected chi connectivity index (χ0v) is 26.6. The molecule has 5 heteroatoms. The number of carboxylic acid groups (broad SMARTS) is 1. The van der Waals surface area contributed by atoms with E-state index in [1.165, 1.54) is 28.7 Å². The molecule has 2 unspecified atom stereocenters. The quantitative estimate of drug-likeness (QED) is 0.181. The molecule has 0 amide bonds. The summed E-state index contributed by atoms with van der Waals surface area (Å²) < 4.78 is 6.41. The molecule has 44 heavy (non-hydrogen) atoms. The van der Waals surface area contributed by atoms with Crippen LogP contribution in [-0.4, -0.2) is 22.9 Å². The largest absolute Gasteiger partial charge is 0.486 e. The Morgan fingerprint density at radius 3 is 2.07 bits per heavy atom. The van der Waals surface area contributed by atoms with Crippen LogP contribution in [0.25, 0.3) is 0 Å². The van der Waals surface area contributed by atoms with E-state index in [9.17, 15) is 14.7 Å². The minimum atomic E-state index is -0.991. The first-order valence-corrected chi connectivity index (χ1v) is 15.4. The van der Waals surface area contributed by atoms with Crippen LogP contribution in [0, 0.1) is 6.92 Å². The maximum Gasteiger partial charge on any atom is 0.326 e. The van der Waals surface area contributed by atoms with Crippen molar-refractivity contribution in [3.05, 3.63) is 130 Å². The van der Waals surface area contributed by atoms with E-state index in [0.717, 1.165) is 17.7 Å². The van der Waals surface area contributed by atoms with Gasteiger partial charge in [-0.2, -0.15) is 0 Å². The lowest BCUT2D eigenvalue weighted by Crippen LogP contribution is -2.34. The van der Waals surface area contributed by atoms with E-state index in [0.29, 0.717) is 16.8 Å². The minimum absolute atomic E-state index is 0.124. The summed E-state index contributed by atoms with van der Waals surface area (Å²) in [6.07, 6.45) is 2.45. The zero-order valence-electron chi connectivity index (χ0n) is 26.6. The Morgan fingerprint density at radius 1 is 0.841 bits per heavy atom. The summed E-state index contributed by atoms with van der Waals surface area (Å²) in [4.78, 5) is 25.4. The second-order valence-electron chi connectivity index (χ2n) is 13.4. The van der Waals surface area contributed by atoms with Gasteiger partial charge in [0.1, 0.15) is 17.9 Å². The number of benzene rings is 4. The molecule has 5 nitrogen and oxygen atoms in total. The molecule has 0 aliphatic heterocycles. The maximum absolute atomic E-state index is 13.2. The molecule has 2 atom stereocenters. The Hall–Kier alpha value is -4.38. The van der Waals surface area contributed by atoms with E-state index in [-0.39, 0.29) is 29.1 Å². The van der Waals surface area contributed by atoms with Gasteiger partial charge in [0.25, 0.3) is 0 Å². The number of fused-ring (bicyclic) bond motifs is 1. The molecule has 0 radical (unpaired) electrons. The number of aliphatic carboxylic acids is 1. The third-order valence-corrected chi connectivity index (χ3v) is 9.19. The fourth-order valence-electron chi connectivity index (χ4n) is 6.32. The monoisotopic (exact) mass is 589 g/mol. The highest BCUT2D eigenvalue weighted by Gasteiger charge is 2.37. The fourth-order valence-corrected chi connectivity index (χ4v) is 6.32. The van der Waals surface area contributed by atoms with Crippen LogP contribution in [0.15, 0.2) is 91.0 Å². The topological polar surface area (TPSA) is 75.6 Å². The molecule has 4 aromatic carbocycles. The van der Waals surface area contributed by atoms with Gasteiger partial charge in [0, 0.05) is 23.2 Å². The third-order valence-electron chi connectivity index (χ3n) is 9.19. The van der Waals surface area contributed by atoms with Crippen molar-refractivity contribution in [3.63, 3.8) is 0 Å². The average Bonchev–Trinajstić information content (AvgIpc) is 3.00. The van der Waals surface area contributed by atoms with Crippen LogP contribution in [-0.2, 0) is 22.0 Å². The lowest BCUT2D eigenvalue weighted by Gasteiger charge is -2.42. The number of ether oxygens (including phenoxy) is 1. The lowest BCUT2D eigenvalue weighted by molar-refractivity contribution is -0.137. The van der Waals surface area contributed by atoms with Gasteiger partial charge in [-0.25, -0.2) is 4.79 Å². The number of carboxylic acids is 1. The molecule has 0 fully saturated rings. The molecule has 228 valence electrons. The van der Waals surface area contributed by atoms with Crippen molar-refractivity contribution in [2.24, 2.45) is 0 Å². The number of hydrogen-bond acceptors (Lipinski definition) is 4. The van der Waals surface area contributed by atoms with Crippen molar-refractivity contribution >= 4 is 17.4 Å². The number of carbonyl (C=O) groups excluding carboxylic acids is 1. The molecule has 0 saturated heterocycles. The first kappa shape index (κ1) is 31.1. The summed E-state index contributed by atoms with van der Waals surface area (Å²) in [5.74, 6) is -0.415. The molecule has 1 aliphatic rings. The standard InChI is InChI=1S/C39H43NO4/c1-25-22-32-33(39(5,6)21-20-38(32,3)4)24-31(25)26(2)44-29-18-16-27(17-19-29)23-35(37(42)43)40-34-15-11-10-14-30(34)36(41)28-12-8-7-9-13-28/h7-19,22,24,26,35,40H,20-21,23H2,1-6H3,(H,42,43). The van der Waals surface area contributed by atoms with Crippen molar-refractivity contribution in [1.82, 2.24) is 0 Å². The number of hydrogen-bond donors (Lipinski definition) is 2. The summed E-state index contributed by atoms with van der Waals surface area (Å²) in [5, 5.41) is 13.2. The van der Waals surface area contributed by atoms with Gasteiger partial charge in [0.05, 0.1) is 0 Å². The van der Waals surface area contributed by atoms with Crippen LogP contribution < -0.4 is 10.1 Å². The smallest absolute Gasteiger partial charge is 0.326 e. The van der Waals surface area contributed by atoms with Gasteiger partial charge >= 0.3 is 5.97 Å². The lowest BCUT2D eigenvalue weighted by atomic mass is 9.62. The number of aryl methyl sites for hydroxylation is 1. The second-order valence-corrected chi connectivity index (χ2v) is 13.4. The average molecular weight is 590 g/mol. The van der Waals surface area contributed by atoms with Gasteiger partial charge in [0.2, 0.25) is 0 Å². The van der Waals surface area contributed by atoms with E-state index in [1.807, 2.05) is 42.5 Å². The molecular weight excluding hydrogens is 546 g/mol. The van der Waals surface area contributed by atoms with Crippen molar-refractivity contribution in [2.45, 2.75) is 83.8 Å². The fraction of sp³-hybridized carbons (Fsp3) is 0.333. The number of anilines is 1. The van der Waals surface area contributed by atoms with Gasteiger partial charge in [-0.05, 0) is 89.6 Å². The highest BCUT2D eigenvalue weighted by Crippen LogP contribution is 2.47. The van der Waals surface area contributed by atoms with Crippen molar-refractivity contribution in [1.29, 1.82) is 0 Å². The first-order chi connectivity index (χ1) is 20.9. The summed E-state index contributed by atoms with van der Waals surface area (Å²) in [5.41, 5.74) is 7.91. The summed E-state index contributed by atoms with van der Waals surface area (Å²) in [6, 6.07) is 27.4. The maximum atomic E-state index is 13.2. The number of para-hydroxylation sites is 1. The van der Waals surface area contributed by atoms with E-state index in [1.54, 1.807) is 36.4 Å². The number of nitrogens with one attached hydrogen (secondary N) is 1. The number of rotatable bonds is 10. The normalized spacial score (nSPS) is 16.3.